The third kappa shape index (κ3) is 3.10. The normalized spacial score (nSPS) is 16.4. The maximum absolute atomic E-state index is 13.0. The number of ether oxygens (including phenoxy) is 1. The van der Waals surface area contributed by atoms with Gasteiger partial charge in [-0.1, -0.05) is 0 Å². The summed E-state index contributed by atoms with van der Waals surface area (Å²) in [5.41, 5.74) is -0.0564. The minimum absolute atomic E-state index is 0.0254. The van der Waals surface area contributed by atoms with E-state index in [2.05, 4.69) is 15.4 Å². The molecule has 0 saturated heterocycles. The molecule has 2 heterocycles. The van der Waals surface area contributed by atoms with Crippen LogP contribution in [0.15, 0.2) is 6.07 Å². The van der Waals surface area contributed by atoms with Gasteiger partial charge in [0.25, 0.3) is 12.1 Å². The van der Waals surface area contributed by atoms with Crippen LogP contribution in [0, 0.1) is 0 Å². The van der Waals surface area contributed by atoms with E-state index in [-0.39, 0.29) is 17.2 Å². The minimum Gasteiger partial charge on any atom is -0.394 e. The molecular formula is C10H6F6N2O3S. The predicted molar refractivity (Wildman–Crippen MR) is 61.6 cm³/mol. The number of carbonyl (C=O) groups excluding carboxylic acids is 2. The van der Waals surface area contributed by atoms with Gasteiger partial charge in [-0.2, -0.15) is 22.0 Å². The Kier molecular flexibility index (Phi) is 3.98. The highest BCUT2D eigenvalue weighted by Crippen LogP contribution is 2.37. The van der Waals surface area contributed by atoms with Crippen LogP contribution >= 0.6 is 11.3 Å². The zero-order valence-electron chi connectivity index (χ0n) is 10.3. The maximum Gasteiger partial charge on any atom is 0.441 e. The lowest BCUT2D eigenvalue weighted by atomic mass is 10.2. The monoisotopic (exact) mass is 348 g/mol. The van der Waals surface area contributed by atoms with E-state index in [1.165, 1.54) is 0 Å². The van der Waals surface area contributed by atoms with E-state index in [1.54, 1.807) is 0 Å². The molecule has 0 saturated carbocycles. The Balaban J connectivity index is 2.17. The van der Waals surface area contributed by atoms with Crippen LogP contribution in [0.2, 0.25) is 0 Å². The third-order valence-corrected chi connectivity index (χ3v) is 3.56. The molecule has 12 heteroatoms. The SMILES string of the molecule is O=C(OC(F)(F)C(F)C(F)(F)F)c1cc2c(s1)NCNC2=O. The summed E-state index contributed by atoms with van der Waals surface area (Å²) in [5, 5.41) is 5.10. The fourth-order valence-corrected chi connectivity index (χ4v) is 2.44. The number of alkyl halides is 6. The molecule has 122 valence electrons. The van der Waals surface area contributed by atoms with Gasteiger partial charge in [0.1, 0.15) is 9.88 Å². The van der Waals surface area contributed by atoms with Crippen LogP contribution in [-0.4, -0.2) is 37.0 Å². The minimum atomic E-state index is -5.89. The highest BCUT2D eigenvalue weighted by molar-refractivity contribution is 7.18. The van der Waals surface area contributed by atoms with Crippen molar-refractivity contribution in [3.8, 4) is 0 Å². The molecule has 22 heavy (non-hydrogen) atoms. The Hall–Kier alpha value is -1.98. The summed E-state index contributed by atoms with van der Waals surface area (Å²) < 4.78 is 77.7. The fraction of sp³-hybridized carbons (Fsp3) is 0.400. The molecule has 0 bridgehead atoms. The van der Waals surface area contributed by atoms with Crippen LogP contribution in [0.4, 0.5) is 31.3 Å². The molecule has 5 nitrogen and oxygen atoms in total. The van der Waals surface area contributed by atoms with Crippen LogP contribution in [0.5, 0.6) is 0 Å². The quantitative estimate of drug-likeness (QED) is 0.651. The molecule has 1 aliphatic heterocycles. The first-order valence-corrected chi connectivity index (χ1v) is 6.32. The van der Waals surface area contributed by atoms with Crippen molar-refractivity contribution in [2.75, 3.05) is 12.0 Å². The summed E-state index contributed by atoms with van der Waals surface area (Å²) >= 11 is 0.524. The number of rotatable bonds is 3. The molecule has 0 aromatic carbocycles. The van der Waals surface area contributed by atoms with Crippen molar-refractivity contribution in [2.24, 2.45) is 0 Å². The molecule has 0 spiro atoms. The summed E-state index contributed by atoms with van der Waals surface area (Å²) in [4.78, 5) is 22.3. The standard InChI is InChI=1S/C10H6F6N2O3S/c11-8(9(12,13)14)10(15,16)21-7(20)4-1-3-5(19)17-2-18-6(3)22-4/h1,8,18H,2H2,(H,17,19). The average molecular weight is 348 g/mol. The van der Waals surface area contributed by atoms with Gasteiger partial charge in [0.15, 0.2) is 0 Å². The Morgan fingerprint density at radius 3 is 2.45 bits per heavy atom. The Labute approximate surface area is 122 Å². The van der Waals surface area contributed by atoms with Crippen molar-refractivity contribution in [1.29, 1.82) is 0 Å². The van der Waals surface area contributed by atoms with E-state index >= 15 is 0 Å². The van der Waals surface area contributed by atoms with Crippen LogP contribution in [0.25, 0.3) is 0 Å². The number of fused-ring (bicyclic) bond motifs is 1. The number of anilines is 1. The average Bonchev–Trinajstić information content (AvgIpc) is 2.82. The summed E-state index contributed by atoms with van der Waals surface area (Å²) in [6.45, 7) is 0.0254. The lowest BCUT2D eigenvalue weighted by molar-refractivity contribution is -0.314. The van der Waals surface area contributed by atoms with Gasteiger partial charge < -0.3 is 15.4 Å². The van der Waals surface area contributed by atoms with Gasteiger partial charge in [0.05, 0.1) is 12.2 Å². The lowest BCUT2D eigenvalue weighted by Gasteiger charge is -2.21. The van der Waals surface area contributed by atoms with E-state index in [0.29, 0.717) is 11.3 Å². The van der Waals surface area contributed by atoms with Gasteiger partial charge in [-0.3, -0.25) is 4.79 Å². The number of thiophene rings is 1. The predicted octanol–water partition coefficient (Wildman–Crippen LogP) is 2.51. The van der Waals surface area contributed by atoms with E-state index < -0.39 is 35.2 Å². The summed E-state index contributed by atoms with van der Waals surface area (Å²) in [5.74, 6) is -2.47. The maximum atomic E-state index is 13.0. The van der Waals surface area contributed by atoms with E-state index in [9.17, 15) is 35.9 Å². The Morgan fingerprint density at radius 2 is 1.91 bits per heavy atom. The van der Waals surface area contributed by atoms with Crippen molar-refractivity contribution < 1.29 is 40.7 Å². The van der Waals surface area contributed by atoms with E-state index in [0.717, 1.165) is 6.07 Å². The lowest BCUT2D eigenvalue weighted by Crippen LogP contribution is -2.44. The molecule has 2 N–H and O–H groups in total. The molecular weight excluding hydrogens is 342 g/mol. The second-order valence-corrected chi connectivity index (χ2v) is 5.12. The first-order chi connectivity index (χ1) is 10.0. The highest BCUT2D eigenvalue weighted by atomic mass is 32.1. The summed E-state index contributed by atoms with van der Waals surface area (Å²) in [7, 11) is 0. The van der Waals surface area contributed by atoms with Crippen molar-refractivity contribution in [2.45, 2.75) is 18.5 Å². The molecule has 1 atom stereocenters. The molecule has 0 fully saturated rings. The molecule has 1 aliphatic rings. The Morgan fingerprint density at radius 1 is 1.27 bits per heavy atom. The van der Waals surface area contributed by atoms with Gasteiger partial charge in [0, 0.05) is 0 Å². The topological polar surface area (TPSA) is 67.4 Å². The molecule has 0 radical (unpaired) electrons. The number of amides is 1. The van der Waals surface area contributed by atoms with Gasteiger partial charge in [-0.25, -0.2) is 9.18 Å². The zero-order chi connectivity index (χ0) is 16.7. The van der Waals surface area contributed by atoms with Crippen LogP contribution < -0.4 is 10.6 Å². The number of hydrogen-bond acceptors (Lipinski definition) is 5. The molecule has 1 aromatic rings. The number of carbonyl (C=O) groups is 2. The summed E-state index contributed by atoms with van der Waals surface area (Å²) in [6.07, 6.45) is -15.9. The van der Waals surface area contributed by atoms with Crippen molar-refractivity contribution in [1.82, 2.24) is 5.32 Å². The molecule has 1 amide bonds. The highest BCUT2D eigenvalue weighted by Gasteiger charge is 2.60. The first-order valence-electron chi connectivity index (χ1n) is 5.50. The van der Waals surface area contributed by atoms with Gasteiger partial charge in [-0.15, -0.1) is 11.3 Å². The van der Waals surface area contributed by atoms with Crippen LogP contribution in [-0.2, 0) is 4.74 Å². The number of halogens is 6. The van der Waals surface area contributed by atoms with E-state index in [4.69, 9.17) is 0 Å². The molecule has 1 unspecified atom stereocenters. The van der Waals surface area contributed by atoms with Crippen molar-refractivity contribution >= 4 is 28.2 Å². The summed E-state index contributed by atoms with van der Waals surface area (Å²) in [6, 6.07) is 0.862. The zero-order valence-corrected chi connectivity index (χ0v) is 11.1. The van der Waals surface area contributed by atoms with Gasteiger partial charge in [0.2, 0.25) is 0 Å². The van der Waals surface area contributed by atoms with E-state index in [1.807, 2.05) is 0 Å². The number of esters is 1. The molecule has 0 aliphatic carbocycles. The molecule has 2 rings (SSSR count). The molecule has 1 aromatic heterocycles. The largest absolute Gasteiger partial charge is 0.441 e. The number of hydrogen-bond donors (Lipinski definition) is 2. The van der Waals surface area contributed by atoms with Crippen molar-refractivity contribution in [3.05, 3.63) is 16.5 Å². The first kappa shape index (κ1) is 16.4. The van der Waals surface area contributed by atoms with Gasteiger partial charge in [-0.05, 0) is 6.07 Å². The van der Waals surface area contributed by atoms with Gasteiger partial charge >= 0.3 is 18.3 Å². The third-order valence-electron chi connectivity index (χ3n) is 2.49. The smallest absolute Gasteiger partial charge is 0.394 e. The van der Waals surface area contributed by atoms with Crippen LogP contribution in [0.1, 0.15) is 20.0 Å². The fourth-order valence-electron chi connectivity index (χ4n) is 1.51. The van der Waals surface area contributed by atoms with Crippen molar-refractivity contribution in [3.63, 3.8) is 0 Å². The Bertz CT molecular complexity index is 614. The second kappa shape index (κ2) is 5.34. The van der Waals surface area contributed by atoms with Crippen LogP contribution in [0.3, 0.4) is 0 Å². The second-order valence-electron chi connectivity index (χ2n) is 4.07. The number of nitrogens with one attached hydrogen (secondary N) is 2.